The van der Waals surface area contributed by atoms with E-state index in [0.717, 1.165) is 24.8 Å². The third kappa shape index (κ3) is 7.24. The molecule has 0 saturated carbocycles. The average molecular weight is 312 g/mol. The number of carbonyl (C=O) groups is 1. The highest BCUT2D eigenvalue weighted by Crippen LogP contribution is 2.09. The van der Waals surface area contributed by atoms with Gasteiger partial charge < -0.3 is 5.32 Å². The molecule has 1 rings (SSSR count). The third-order valence-electron chi connectivity index (χ3n) is 3.25. The minimum absolute atomic E-state index is 0.0762. The first-order valence-electron chi connectivity index (χ1n) is 7.32. The maximum atomic E-state index is 11.6. The van der Waals surface area contributed by atoms with Crippen LogP contribution in [-0.2, 0) is 21.2 Å². The van der Waals surface area contributed by atoms with Gasteiger partial charge in [0.2, 0.25) is 15.9 Å². The lowest BCUT2D eigenvalue weighted by Crippen LogP contribution is -2.25. The van der Waals surface area contributed by atoms with Crippen LogP contribution in [0, 0.1) is 0 Å². The zero-order valence-corrected chi connectivity index (χ0v) is 13.3. The third-order valence-corrected chi connectivity index (χ3v) is 4.17. The molecule has 1 aromatic carbocycles. The van der Waals surface area contributed by atoms with E-state index in [0.29, 0.717) is 19.4 Å². The zero-order valence-electron chi connectivity index (χ0n) is 12.5. The van der Waals surface area contributed by atoms with Crippen LogP contribution in [0.3, 0.4) is 0 Å². The SMILES string of the molecule is CCCCCCC(=O)NCCc1ccc(S(N)(=O)=O)cc1. The smallest absolute Gasteiger partial charge is 0.238 e. The van der Waals surface area contributed by atoms with Crippen LogP contribution in [0.2, 0.25) is 0 Å². The first kappa shape index (κ1) is 17.7. The molecule has 3 N–H and O–H groups in total. The Morgan fingerprint density at radius 1 is 1.14 bits per heavy atom. The molecular formula is C15H24N2O3S. The highest BCUT2D eigenvalue weighted by molar-refractivity contribution is 7.89. The molecule has 0 aliphatic heterocycles. The molecule has 0 spiro atoms. The zero-order chi connectivity index (χ0) is 15.7. The molecule has 0 aromatic heterocycles. The van der Waals surface area contributed by atoms with E-state index in [1.165, 1.54) is 18.6 Å². The Hall–Kier alpha value is -1.40. The van der Waals surface area contributed by atoms with E-state index in [9.17, 15) is 13.2 Å². The summed E-state index contributed by atoms with van der Waals surface area (Å²) in [5, 5.41) is 7.90. The van der Waals surface area contributed by atoms with Gasteiger partial charge in [-0.2, -0.15) is 0 Å². The maximum absolute atomic E-state index is 11.6. The summed E-state index contributed by atoms with van der Waals surface area (Å²) >= 11 is 0. The molecule has 6 heteroatoms. The van der Waals surface area contributed by atoms with Gasteiger partial charge in [-0.3, -0.25) is 4.79 Å². The fourth-order valence-corrected chi connectivity index (χ4v) is 2.51. The summed E-state index contributed by atoms with van der Waals surface area (Å²) in [6, 6.07) is 6.40. The van der Waals surface area contributed by atoms with Crippen molar-refractivity contribution < 1.29 is 13.2 Å². The second-order valence-corrected chi connectivity index (χ2v) is 6.66. The molecule has 1 aromatic rings. The van der Waals surface area contributed by atoms with Crippen LogP contribution in [0.15, 0.2) is 29.2 Å². The number of carbonyl (C=O) groups excluding carboxylic acids is 1. The molecule has 0 saturated heterocycles. The van der Waals surface area contributed by atoms with Crippen molar-refractivity contribution in [2.75, 3.05) is 6.54 Å². The number of primary sulfonamides is 1. The number of hydrogen-bond acceptors (Lipinski definition) is 3. The Morgan fingerprint density at radius 3 is 2.38 bits per heavy atom. The number of benzene rings is 1. The molecule has 118 valence electrons. The van der Waals surface area contributed by atoms with Crippen molar-refractivity contribution in [3.05, 3.63) is 29.8 Å². The van der Waals surface area contributed by atoms with Gasteiger partial charge in [-0.1, -0.05) is 38.3 Å². The minimum Gasteiger partial charge on any atom is -0.356 e. The summed E-state index contributed by atoms with van der Waals surface area (Å²) in [5.41, 5.74) is 0.966. The lowest BCUT2D eigenvalue weighted by atomic mass is 10.1. The number of amides is 1. The van der Waals surface area contributed by atoms with E-state index in [-0.39, 0.29) is 10.8 Å². The van der Waals surface area contributed by atoms with Gasteiger partial charge in [-0.25, -0.2) is 13.6 Å². The van der Waals surface area contributed by atoms with Crippen LogP contribution in [0.1, 0.15) is 44.6 Å². The number of rotatable bonds is 9. The van der Waals surface area contributed by atoms with Crippen molar-refractivity contribution in [2.45, 2.75) is 50.3 Å². The number of nitrogens with two attached hydrogens (primary N) is 1. The quantitative estimate of drug-likeness (QED) is 0.683. The lowest BCUT2D eigenvalue weighted by Gasteiger charge is -2.06. The summed E-state index contributed by atoms with van der Waals surface area (Å²) in [7, 11) is -3.64. The van der Waals surface area contributed by atoms with Gasteiger partial charge >= 0.3 is 0 Å². The molecule has 0 heterocycles. The van der Waals surface area contributed by atoms with Crippen LogP contribution in [0.5, 0.6) is 0 Å². The van der Waals surface area contributed by atoms with Gasteiger partial charge in [0.05, 0.1) is 4.90 Å². The first-order valence-corrected chi connectivity index (χ1v) is 8.86. The second kappa shape index (κ2) is 8.79. The molecule has 0 atom stereocenters. The van der Waals surface area contributed by atoms with Crippen LogP contribution < -0.4 is 10.5 Å². The van der Waals surface area contributed by atoms with Gasteiger partial charge in [-0.15, -0.1) is 0 Å². The maximum Gasteiger partial charge on any atom is 0.238 e. The predicted octanol–water partition coefficient (Wildman–Crippen LogP) is 1.96. The Morgan fingerprint density at radius 2 is 1.81 bits per heavy atom. The molecule has 0 bridgehead atoms. The summed E-state index contributed by atoms with van der Waals surface area (Å²) in [5.74, 6) is 0.0762. The normalized spacial score (nSPS) is 11.3. The Balaban J connectivity index is 2.28. The molecule has 0 radical (unpaired) electrons. The second-order valence-electron chi connectivity index (χ2n) is 5.10. The first-order chi connectivity index (χ1) is 9.93. The number of hydrogen-bond donors (Lipinski definition) is 2. The molecular weight excluding hydrogens is 288 g/mol. The van der Waals surface area contributed by atoms with Crippen molar-refractivity contribution in [3.63, 3.8) is 0 Å². The van der Waals surface area contributed by atoms with Gasteiger partial charge in [0, 0.05) is 13.0 Å². The summed E-state index contributed by atoms with van der Waals surface area (Å²) < 4.78 is 22.2. The van der Waals surface area contributed by atoms with Crippen molar-refractivity contribution in [1.82, 2.24) is 5.32 Å². The van der Waals surface area contributed by atoms with Gasteiger partial charge in [0.15, 0.2) is 0 Å². The Labute approximate surface area is 127 Å². The fourth-order valence-electron chi connectivity index (χ4n) is 1.99. The fraction of sp³-hybridized carbons (Fsp3) is 0.533. The monoisotopic (exact) mass is 312 g/mol. The van der Waals surface area contributed by atoms with Gasteiger partial charge in [0.25, 0.3) is 0 Å². The molecule has 0 unspecified atom stereocenters. The van der Waals surface area contributed by atoms with Crippen molar-refractivity contribution in [3.8, 4) is 0 Å². The topological polar surface area (TPSA) is 89.3 Å². The van der Waals surface area contributed by atoms with Crippen molar-refractivity contribution >= 4 is 15.9 Å². The summed E-state index contributed by atoms with van der Waals surface area (Å²) in [4.78, 5) is 11.7. The van der Waals surface area contributed by atoms with E-state index in [1.54, 1.807) is 12.1 Å². The van der Waals surface area contributed by atoms with E-state index >= 15 is 0 Å². The molecule has 1 amide bonds. The van der Waals surface area contributed by atoms with Crippen molar-refractivity contribution in [1.29, 1.82) is 0 Å². The molecule has 0 aliphatic carbocycles. The van der Waals surface area contributed by atoms with Crippen molar-refractivity contribution in [2.24, 2.45) is 5.14 Å². The van der Waals surface area contributed by atoms with Crippen LogP contribution in [0.4, 0.5) is 0 Å². The molecule has 21 heavy (non-hydrogen) atoms. The highest BCUT2D eigenvalue weighted by atomic mass is 32.2. The largest absolute Gasteiger partial charge is 0.356 e. The van der Waals surface area contributed by atoms with Crippen LogP contribution in [0.25, 0.3) is 0 Å². The summed E-state index contributed by atoms with van der Waals surface area (Å²) in [6.45, 7) is 2.70. The van der Waals surface area contributed by atoms with E-state index < -0.39 is 10.0 Å². The molecule has 0 fully saturated rings. The van der Waals surface area contributed by atoms with Crippen LogP contribution in [-0.4, -0.2) is 20.9 Å². The van der Waals surface area contributed by atoms with Crippen LogP contribution >= 0.6 is 0 Å². The van der Waals surface area contributed by atoms with Gasteiger partial charge in [0.1, 0.15) is 0 Å². The lowest BCUT2D eigenvalue weighted by molar-refractivity contribution is -0.121. The minimum atomic E-state index is -3.64. The average Bonchev–Trinajstić information content (AvgIpc) is 2.43. The molecule has 5 nitrogen and oxygen atoms in total. The number of sulfonamides is 1. The number of unbranched alkanes of at least 4 members (excludes halogenated alkanes) is 3. The van der Waals surface area contributed by atoms with E-state index in [1.807, 2.05) is 0 Å². The Bertz CT molecular complexity index is 539. The van der Waals surface area contributed by atoms with E-state index in [4.69, 9.17) is 5.14 Å². The standard InChI is InChI=1S/C15H24N2O3S/c1-2-3-4-5-6-15(18)17-12-11-13-7-9-14(10-8-13)21(16,19)20/h7-10H,2-6,11-12H2,1H3,(H,17,18)(H2,16,19,20). The Kier molecular flexibility index (Phi) is 7.39. The molecule has 0 aliphatic rings. The van der Waals surface area contributed by atoms with Gasteiger partial charge in [-0.05, 0) is 30.5 Å². The number of nitrogens with one attached hydrogen (secondary N) is 1. The van der Waals surface area contributed by atoms with E-state index in [2.05, 4.69) is 12.2 Å². The predicted molar refractivity (Wildman–Crippen MR) is 83.3 cm³/mol. The highest BCUT2D eigenvalue weighted by Gasteiger charge is 2.06. The summed E-state index contributed by atoms with van der Waals surface area (Å²) in [6.07, 6.45) is 5.61.